The van der Waals surface area contributed by atoms with Gasteiger partial charge < -0.3 is 19.5 Å². The van der Waals surface area contributed by atoms with Crippen LogP contribution in [-0.4, -0.2) is 36.7 Å². The molecule has 0 spiro atoms. The van der Waals surface area contributed by atoms with Gasteiger partial charge in [0.15, 0.2) is 11.5 Å². The molecular formula is C22H23NO5. The summed E-state index contributed by atoms with van der Waals surface area (Å²) in [6.07, 6.45) is 4.60. The van der Waals surface area contributed by atoms with Gasteiger partial charge >= 0.3 is 5.97 Å². The number of anilines is 1. The Morgan fingerprint density at radius 1 is 1.07 bits per heavy atom. The number of carboxylic acids is 1. The van der Waals surface area contributed by atoms with E-state index in [0.29, 0.717) is 28.3 Å². The third-order valence-electron chi connectivity index (χ3n) is 5.52. The second-order valence-electron chi connectivity index (χ2n) is 7.26. The Kier molecular flexibility index (Phi) is 4.94. The molecule has 0 aromatic heterocycles. The monoisotopic (exact) mass is 381 g/mol. The molecule has 1 fully saturated rings. The van der Waals surface area contributed by atoms with Gasteiger partial charge in [-0.25, -0.2) is 0 Å². The zero-order chi connectivity index (χ0) is 19.7. The number of rotatable bonds is 5. The van der Waals surface area contributed by atoms with Crippen LogP contribution in [-0.2, 0) is 4.79 Å². The molecule has 1 aliphatic heterocycles. The van der Waals surface area contributed by atoms with Gasteiger partial charge in [0.25, 0.3) is 5.91 Å². The molecule has 6 nitrogen and oxygen atoms in total. The highest BCUT2D eigenvalue weighted by Crippen LogP contribution is 2.38. The lowest BCUT2D eigenvalue weighted by Crippen LogP contribution is -2.31. The highest BCUT2D eigenvalue weighted by Gasteiger charge is 2.36. The number of amides is 1. The van der Waals surface area contributed by atoms with E-state index in [9.17, 15) is 14.7 Å². The summed E-state index contributed by atoms with van der Waals surface area (Å²) in [4.78, 5) is 26.3. The van der Waals surface area contributed by atoms with Crippen LogP contribution in [0.25, 0.3) is 0 Å². The minimum Gasteiger partial charge on any atom is -0.493 e. The van der Waals surface area contributed by atoms with Gasteiger partial charge in [0.1, 0.15) is 5.92 Å². The van der Waals surface area contributed by atoms with E-state index in [0.717, 1.165) is 12.8 Å². The second-order valence-corrected chi connectivity index (χ2v) is 7.26. The molecule has 1 heterocycles. The van der Waals surface area contributed by atoms with E-state index in [-0.39, 0.29) is 18.6 Å². The zero-order valence-corrected chi connectivity index (χ0v) is 15.8. The van der Waals surface area contributed by atoms with Gasteiger partial charge in [-0.05, 0) is 55.5 Å². The maximum atomic E-state index is 13.1. The van der Waals surface area contributed by atoms with Gasteiger partial charge in [0.2, 0.25) is 0 Å². The van der Waals surface area contributed by atoms with Crippen molar-refractivity contribution < 1.29 is 24.2 Å². The number of nitrogens with zero attached hydrogens (tertiary/aromatic N) is 1. The third kappa shape index (κ3) is 3.30. The van der Waals surface area contributed by atoms with E-state index in [1.807, 2.05) is 6.07 Å². The molecule has 0 radical (unpaired) electrons. The summed E-state index contributed by atoms with van der Waals surface area (Å²) in [6, 6.07) is 12.3. The lowest BCUT2D eigenvalue weighted by molar-refractivity contribution is -0.138. The molecule has 1 unspecified atom stereocenters. The molecule has 2 aromatic carbocycles. The molecule has 28 heavy (non-hydrogen) atoms. The van der Waals surface area contributed by atoms with Gasteiger partial charge in [-0.2, -0.15) is 0 Å². The van der Waals surface area contributed by atoms with Crippen LogP contribution >= 0.6 is 0 Å². The Morgan fingerprint density at radius 3 is 2.54 bits per heavy atom. The van der Waals surface area contributed by atoms with Crippen LogP contribution in [0.2, 0.25) is 0 Å². The second kappa shape index (κ2) is 7.54. The van der Waals surface area contributed by atoms with Crippen LogP contribution in [0.15, 0.2) is 42.5 Å². The van der Waals surface area contributed by atoms with Crippen LogP contribution < -0.4 is 14.4 Å². The van der Waals surface area contributed by atoms with Gasteiger partial charge in [0.05, 0.1) is 13.2 Å². The maximum Gasteiger partial charge on any atom is 0.312 e. The normalized spacial score (nSPS) is 18.8. The summed E-state index contributed by atoms with van der Waals surface area (Å²) >= 11 is 0. The summed E-state index contributed by atoms with van der Waals surface area (Å²) in [5, 5.41) is 9.51. The average molecular weight is 381 g/mol. The number of para-hydroxylation sites is 1. The Balaban J connectivity index is 1.60. The first-order chi connectivity index (χ1) is 13.6. The molecule has 4 rings (SSSR count). The molecule has 0 bridgehead atoms. The van der Waals surface area contributed by atoms with Crippen molar-refractivity contribution in [1.29, 1.82) is 0 Å². The lowest BCUT2D eigenvalue weighted by atomic mass is 10.0. The first-order valence-corrected chi connectivity index (χ1v) is 9.56. The number of fused-ring (bicyclic) bond motifs is 1. The van der Waals surface area contributed by atoms with Gasteiger partial charge in [0, 0.05) is 17.8 Å². The van der Waals surface area contributed by atoms with Crippen molar-refractivity contribution >= 4 is 17.6 Å². The first kappa shape index (κ1) is 18.3. The topological polar surface area (TPSA) is 76.1 Å². The molecular weight excluding hydrogens is 358 g/mol. The number of methoxy groups -OCH3 is 1. The largest absolute Gasteiger partial charge is 0.493 e. The summed E-state index contributed by atoms with van der Waals surface area (Å²) in [5.41, 5.74) is 1.75. The Bertz CT molecular complexity index is 904. The van der Waals surface area contributed by atoms with E-state index < -0.39 is 11.9 Å². The van der Waals surface area contributed by atoms with Crippen LogP contribution in [0.4, 0.5) is 5.69 Å². The van der Waals surface area contributed by atoms with Crippen molar-refractivity contribution in [1.82, 2.24) is 0 Å². The van der Waals surface area contributed by atoms with Crippen molar-refractivity contribution in [3.8, 4) is 11.5 Å². The fourth-order valence-electron chi connectivity index (χ4n) is 4.05. The predicted molar refractivity (Wildman–Crippen MR) is 104 cm³/mol. The number of benzene rings is 2. The molecule has 1 saturated carbocycles. The molecule has 2 aromatic rings. The molecule has 0 saturated heterocycles. The summed E-state index contributed by atoms with van der Waals surface area (Å²) < 4.78 is 11.5. The Labute approximate surface area is 163 Å². The molecule has 2 aliphatic rings. The van der Waals surface area contributed by atoms with E-state index >= 15 is 0 Å². The SMILES string of the molecule is COc1cc(C(=O)N2CC(C(=O)O)c3ccccc32)ccc1OC1CCCC1. The number of carbonyl (C=O) groups excluding carboxylic acids is 1. The highest BCUT2D eigenvalue weighted by atomic mass is 16.5. The van der Waals surface area contributed by atoms with E-state index in [1.54, 1.807) is 43.5 Å². The number of hydrogen-bond donors (Lipinski definition) is 1. The summed E-state index contributed by atoms with van der Waals surface area (Å²) in [5.74, 6) is -0.745. The standard InChI is InChI=1S/C22H23NO5/c1-27-20-12-14(10-11-19(20)28-15-6-2-3-7-15)21(24)23-13-17(22(25)26)16-8-4-5-9-18(16)23/h4-5,8-12,15,17H,2-3,6-7,13H2,1H3,(H,25,26). The average Bonchev–Trinajstić information content (AvgIpc) is 3.35. The number of ether oxygens (including phenoxy) is 2. The fourth-order valence-corrected chi connectivity index (χ4v) is 4.05. The number of carboxylic acid groups (broad SMARTS) is 1. The molecule has 6 heteroatoms. The van der Waals surface area contributed by atoms with Crippen molar-refractivity contribution in [2.75, 3.05) is 18.6 Å². The molecule has 1 atom stereocenters. The van der Waals surface area contributed by atoms with Crippen molar-refractivity contribution in [2.45, 2.75) is 37.7 Å². The van der Waals surface area contributed by atoms with E-state index in [1.165, 1.54) is 17.7 Å². The fraction of sp³-hybridized carbons (Fsp3) is 0.364. The zero-order valence-electron chi connectivity index (χ0n) is 15.8. The van der Waals surface area contributed by atoms with Crippen LogP contribution in [0.3, 0.4) is 0 Å². The highest BCUT2D eigenvalue weighted by molar-refractivity contribution is 6.09. The third-order valence-corrected chi connectivity index (χ3v) is 5.52. The number of carbonyl (C=O) groups is 2. The van der Waals surface area contributed by atoms with Gasteiger partial charge in [-0.1, -0.05) is 18.2 Å². The summed E-state index contributed by atoms with van der Waals surface area (Å²) in [7, 11) is 1.55. The number of aliphatic carboxylic acids is 1. The minimum absolute atomic E-state index is 0.121. The van der Waals surface area contributed by atoms with Crippen LogP contribution in [0.1, 0.15) is 47.5 Å². The minimum atomic E-state index is -0.930. The van der Waals surface area contributed by atoms with Gasteiger partial charge in [-0.3, -0.25) is 9.59 Å². The predicted octanol–water partition coefficient (Wildman–Crippen LogP) is 3.85. The summed E-state index contributed by atoms with van der Waals surface area (Å²) in [6.45, 7) is 0.121. The van der Waals surface area contributed by atoms with E-state index in [2.05, 4.69) is 0 Å². The Hall–Kier alpha value is -3.02. The van der Waals surface area contributed by atoms with Crippen molar-refractivity contribution in [3.05, 3.63) is 53.6 Å². The molecule has 1 aliphatic carbocycles. The quantitative estimate of drug-likeness (QED) is 0.851. The van der Waals surface area contributed by atoms with E-state index in [4.69, 9.17) is 9.47 Å². The smallest absolute Gasteiger partial charge is 0.312 e. The van der Waals surface area contributed by atoms with Crippen molar-refractivity contribution in [2.24, 2.45) is 0 Å². The number of hydrogen-bond acceptors (Lipinski definition) is 4. The van der Waals surface area contributed by atoms with Crippen molar-refractivity contribution in [3.63, 3.8) is 0 Å². The van der Waals surface area contributed by atoms with Crippen LogP contribution in [0, 0.1) is 0 Å². The molecule has 1 N–H and O–H groups in total. The molecule has 146 valence electrons. The Morgan fingerprint density at radius 2 is 1.82 bits per heavy atom. The lowest BCUT2D eigenvalue weighted by Gasteiger charge is -2.20. The molecule has 1 amide bonds. The van der Waals surface area contributed by atoms with Crippen LogP contribution in [0.5, 0.6) is 11.5 Å². The first-order valence-electron chi connectivity index (χ1n) is 9.56. The maximum absolute atomic E-state index is 13.1. The van der Waals surface area contributed by atoms with Gasteiger partial charge in [-0.15, -0.1) is 0 Å².